The third-order valence-corrected chi connectivity index (χ3v) is 11.8. The van der Waals surface area contributed by atoms with Crippen LogP contribution in [0.1, 0.15) is 44.6 Å². The van der Waals surface area contributed by atoms with E-state index in [1.165, 1.54) is 0 Å². The number of aliphatic hydroxyl groups is 1. The van der Waals surface area contributed by atoms with Crippen LogP contribution in [0.25, 0.3) is 0 Å². The molecule has 214 valence electrons. The van der Waals surface area contributed by atoms with Gasteiger partial charge in [0.05, 0.1) is 36.8 Å². The largest absolute Gasteiger partial charge is 0.432 e. The first-order chi connectivity index (χ1) is 18.5. The summed E-state index contributed by atoms with van der Waals surface area (Å²) in [6, 6.07) is 5.27. The Balaban J connectivity index is 1.47. The van der Waals surface area contributed by atoms with E-state index in [2.05, 4.69) is 10.6 Å². The highest BCUT2D eigenvalue weighted by Gasteiger charge is 2.66. The lowest BCUT2D eigenvalue weighted by Gasteiger charge is -2.32. The van der Waals surface area contributed by atoms with Crippen molar-refractivity contribution in [3.05, 3.63) is 23.8 Å². The molecule has 0 aliphatic carbocycles. The summed E-state index contributed by atoms with van der Waals surface area (Å²) in [5.74, 6) is -0.897. The van der Waals surface area contributed by atoms with Crippen molar-refractivity contribution in [1.29, 1.82) is 0 Å². The molecule has 1 aromatic carbocycles. The average molecular weight is 559 g/mol. The topological polar surface area (TPSA) is 131 Å². The fraction of sp³-hybridized carbons (Fsp3) is 0.679. The van der Waals surface area contributed by atoms with Crippen LogP contribution < -0.4 is 15.5 Å². The van der Waals surface area contributed by atoms with E-state index in [9.17, 15) is 24.3 Å². The highest BCUT2D eigenvalue weighted by Crippen LogP contribution is 2.59. The zero-order valence-electron chi connectivity index (χ0n) is 23.4. The van der Waals surface area contributed by atoms with Gasteiger partial charge in [0.25, 0.3) is 5.91 Å². The number of nitrogens with zero attached hydrogens (tertiary/aromatic N) is 2. The van der Waals surface area contributed by atoms with E-state index >= 15 is 0 Å². The summed E-state index contributed by atoms with van der Waals surface area (Å²) >= 11 is 0. The van der Waals surface area contributed by atoms with Gasteiger partial charge in [0.2, 0.25) is 11.8 Å². The number of carbonyl (C=O) groups excluding carboxylic acids is 3. The zero-order valence-corrected chi connectivity index (χ0v) is 24.4. The number of aliphatic hydroxyl groups excluding tert-OH is 1. The zero-order chi connectivity index (χ0) is 28.1. The fourth-order valence-corrected chi connectivity index (χ4v) is 9.98. The number of hydrogen-bond acceptors (Lipinski definition) is 7. The summed E-state index contributed by atoms with van der Waals surface area (Å²) < 4.78 is 6.70. The van der Waals surface area contributed by atoms with Crippen LogP contribution in [0.5, 0.6) is 0 Å². The van der Waals surface area contributed by atoms with Gasteiger partial charge in [-0.15, -0.1) is 0 Å². The van der Waals surface area contributed by atoms with Crippen molar-refractivity contribution < 1.29 is 29.0 Å². The summed E-state index contributed by atoms with van der Waals surface area (Å²) in [6.07, 6.45) is 2.79. The van der Waals surface area contributed by atoms with E-state index in [4.69, 9.17) is 4.74 Å². The number of likely N-dealkylation sites (tertiary alicyclic amines) is 1. The minimum atomic E-state index is -2.90. The number of nitrogens with one attached hydrogen (secondary N) is 2. The molecule has 3 fully saturated rings. The van der Waals surface area contributed by atoms with E-state index in [0.29, 0.717) is 30.0 Å². The summed E-state index contributed by atoms with van der Waals surface area (Å²) in [5, 5.41) is 16.0. The SMILES string of the molecule is C[C@H]1[C@H]([Si](C)(C)O)[C@@H](CC(=O)N2CCC[C@H]2CO)O[C@]12C(=O)N(C)c1ccc(NC(=O)C3CCCNC3)cc12. The first kappa shape index (κ1) is 28.2. The van der Waals surface area contributed by atoms with Crippen molar-refractivity contribution in [2.75, 3.05) is 43.5 Å². The Labute approximate surface area is 231 Å². The lowest BCUT2D eigenvalue weighted by molar-refractivity contribution is -0.149. The van der Waals surface area contributed by atoms with Crippen LogP contribution in [0, 0.1) is 11.8 Å². The predicted molar refractivity (Wildman–Crippen MR) is 150 cm³/mol. The van der Waals surface area contributed by atoms with Crippen LogP contribution in [-0.2, 0) is 24.7 Å². The van der Waals surface area contributed by atoms with Crippen molar-refractivity contribution in [1.82, 2.24) is 10.2 Å². The highest BCUT2D eigenvalue weighted by molar-refractivity contribution is 6.71. The van der Waals surface area contributed by atoms with E-state index in [1.54, 1.807) is 22.9 Å². The number of ether oxygens (including phenoxy) is 1. The molecule has 4 N–H and O–H groups in total. The molecule has 0 aromatic heterocycles. The molecular formula is C28H42N4O6Si. The van der Waals surface area contributed by atoms with Crippen molar-refractivity contribution in [2.24, 2.45) is 11.8 Å². The number of hydrogen-bond donors (Lipinski definition) is 4. The summed E-state index contributed by atoms with van der Waals surface area (Å²) in [5.41, 5.74) is 0.233. The van der Waals surface area contributed by atoms with Crippen molar-refractivity contribution >= 4 is 37.4 Å². The summed E-state index contributed by atoms with van der Waals surface area (Å²) in [7, 11) is -1.19. The second kappa shape index (κ2) is 10.6. The van der Waals surface area contributed by atoms with Crippen LogP contribution in [-0.4, -0.2) is 86.3 Å². The Morgan fingerprint density at radius 3 is 2.69 bits per heavy atom. The van der Waals surface area contributed by atoms with Crippen LogP contribution in [0.3, 0.4) is 0 Å². The van der Waals surface area contributed by atoms with Gasteiger partial charge in [-0.1, -0.05) is 6.92 Å². The van der Waals surface area contributed by atoms with Crippen LogP contribution in [0.4, 0.5) is 11.4 Å². The Bertz CT molecular complexity index is 1140. The first-order valence-corrected chi connectivity index (χ1v) is 17.3. The van der Waals surface area contributed by atoms with Crippen molar-refractivity contribution in [3.63, 3.8) is 0 Å². The van der Waals surface area contributed by atoms with Crippen molar-refractivity contribution in [3.8, 4) is 0 Å². The maximum atomic E-state index is 13.9. The van der Waals surface area contributed by atoms with Gasteiger partial charge >= 0.3 is 0 Å². The van der Waals surface area contributed by atoms with E-state index < -0.39 is 20.0 Å². The number of likely N-dealkylation sites (N-methyl/N-ethyl adjacent to an activating group) is 1. The van der Waals surface area contributed by atoms with Gasteiger partial charge in [0, 0.05) is 42.8 Å². The second-order valence-corrected chi connectivity index (χ2v) is 16.2. The molecule has 0 saturated carbocycles. The number of carbonyl (C=O) groups is 3. The molecule has 1 spiro atoms. The molecular weight excluding hydrogens is 516 g/mol. The third kappa shape index (κ3) is 4.82. The highest BCUT2D eigenvalue weighted by atomic mass is 28.4. The molecule has 39 heavy (non-hydrogen) atoms. The minimum absolute atomic E-state index is 0.0433. The molecule has 1 aromatic rings. The maximum absolute atomic E-state index is 13.9. The number of anilines is 2. The molecule has 1 unspecified atom stereocenters. The molecule has 10 nitrogen and oxygen atoms in total. The number of amides is 3. The summed E-state index contributed by atoms with van der Waals surface area (Å²) in [4.78, 5) is 55.0. The molecule has 0 bridgehead atoms. The predicted octanol–water partition coefficient (Wildman–Crippen LogP) is 1.77. The lowest BCUT2D eigenvalue weighted by atomic mass is 9.82. The van der Waals surface area contributed by atoms with Gasteiger partial charge < -0.3 is 35.1 Å². The van der Waals surface area contributed by atoms with Gasteiger partial charge in [-0.3, -0.25) is 14.4 Å². The van der Waals surface area contributed by atoms with E-state index in [0.717, 1.165) is 32.2 Å². The molecule has 4 heterocycles. The molecule has 4 aliphatic rings. The van der Waals surface area contributed by atoms with Gasteiger partial charge in [0.15, 0.2) is 13.9 Å². The van der Waals surface area contributed by atoms with Crippen LogP contribution in [0.15, 0.2) is 18.2 Å². The minimum Gasteiger partial charge on any atom is -0.432 e. The molecule has 5 rings (SSSR count). The Morgan fingerprint density at radius 2 is 2.03 bits per heavy atom. The Morgan fingerprint density at radius 1 is 1.26 bits per heavy atom. The Hall–Kier alpha value is -2.31. The average Bonchev–Trinajstić information content (AvgIpc) is 3.55. The lowest BCUT2D eigenvalue weighted by Crippen LogP contribution is -2.45. The standard InChI is InChI=1S/C28H42N4O6Si/c1-17-25(39(3,4)37)23(14-24(34)32-12-6-8-20(32)16-33)38-28(17)21-13-19(9-10-22(21)31(2)27(28)36)30-26(35)18-7-5-11-29-15-18/h9-10,13,17-18,20,23,25,29,33,37H,5-8,11-12,14-16H2,1-4H3,(H,30,35)/t17-,18?,20-,23+,25-,28+/m0/s1. The molecule has 3 saturated heterocycles. The molecule has 0 radical (unpaired) electrons. The van der Waals surface area contributed by atoms with Gasteiger partial charge in [-0.25, -0.2) is 0 Å². The van der Waals surface area contributed by atoms with E-state index in [-0.39, 0.29) is 54.2 Å². The van der Waals surface area contributed by atoms with Gasteiger partial charge in [0.1, 0.15) is 0 Å². The van der Waals surface area contributed by atoms with E-state index in [1.807, 2.05) is 32.2 Å². The molecule has 6 atom stereocenters. The van der Waals surface area contributed by atoms with Gasteiger partial charge in [-0.2, -0.15) is 0 Å². The van der Waals surface area contributed by atoms with Crippen LogP contribution in [0.2, 0.25) is 18.6 Å². The number of benzene rings is 1. The Kier molecular flexibility index (Phi) is 7.66. The maximum Gasteiger partial charge on any atom is 0.264 e. The molecule has 11 heteroatoms. The number of rotatable bonds is 6. The number of piperidine rings is 1. The quantitative estimate of drug-likeness (QED) is 0.392. The fourth-order valence-electron chi connectivity index (χ4n) is 7.42. The smallest absolute Gasteiger partial charge is 0.264 e. The summed E-state index contributed by atoms with van der Waals surface area (Å²) in [6.45, 7) is 7.67. The first-order valence-electron chi connectivity index (χ1n) is 14.2. The van der Waals surface area contributed by atoms with Crippen LogP contribution >= 0.6 is 0 Å². The van der Waals surface area contributed by atoms with Crippen molar-refractivity contribution in [2.45, 2.75) is 75.4 Å². The second-order valence-electron chi connectivity index (χ2n) is 12.3. The molecule has 3 amide bonds. The monoisotopic (exact) mass is 558 g/mol. The molecule has 4 aliphatic heterocycles. The number of fused-ring (bicyclic) bond motifs is 2. The third-order valence-electron chi connectivity index (χ3n) is 9.33. The van der Waals surface area contributed by atoms with Gasteiger partial charge in [-0.05, 0) is 63.5 Å². The normalized spacial score (nSPS) is 32.7.